The van der Waals surface area contributed by atoms with Gasteiger partial charge in [0.05, 0.1) is 10.3 Å². The summed E-state index contributed by atoms with van der Waals surface area (Å²) in [6, 6.07) is 4.30. The number of nitrogens with one attached hydrogen (secondary N) is 1. The van der Waals surface area contributed by atoms with Crippen molar-refractivity contribution >= 4 is 23.1 Å². The van der Waals surface area contributed by atoms with Gasteiger partial charge in [0.15, 0.2) is 0 Å². The number of ether oxygens (including phenoxy) is 1. The summed E-state index contributed by atoms with van der Waals surface area (Å²) in [5.41, 5.74) is 0. The van der Waals surface area contributed by atoms with Gasteiger partial charge in [0.2, 0.25) is 0 Å². The molecule has 2 rings (SSSR count). The van der Waals surface area contributed by atoms with Crippen LogP contribution in [0.5, 0.6) is 0 Å². The first kappa shape index (κ1) is 12.4. The maximum Gasteiger partial charge on any atom is 0.0700 e. The molecule has 1 aliphatic heterocycles. The highest BCUT2D eigenvalue weighted by atomic mass is 32.2. The monoisotopic (exact) mass is 257 g/mol. The summed E-state index contributed by atoms with van der Waals surface area (Å²) in [6.45, 7) is 5.29. The minimum atomic E-state index is 0.457. The summed E-state index contributed by atoms with van der Waals surface area (Å²) < 4.78 is 6.98. The second-order valence-electron chi connectivity index (χ2n) is 4.15. The fourth-order valence-corrected chi connectivity index (χ4v) is 3.91. The minimum absolute atomic E-state index is 0.457. The van der Waals surface area contributed by atoms with E-state index in [9.17, 15) is 0 Å². The molecular formula is C12H19NOS2. The fourth-order valence-electron chi connectivity index (χ4n) is 1.82. The molecule has 1 aromatic heterocycles. The largest absolute Gasteiger partial charge is 0.377 e. The highest BCUT2D eigenvalue weighted by Gasteiger charge is 2.15. The van der Waals surface area contributed by atoms with Crippen molar-refractivity contribution in [2.24, 2.45) is 0 Å². The summed E-state index contributed by atoms with van der Waals surface area (Å²) in [4.78, 5) is 0. The SMILES string of the molecule is CC(CNCC1CCCO1)Sc1cccs1. The third-order valence-corrected chi connectivity index (χ3v) is 4.82. The third-order valence-electron chi connectivity index (χ3n) is 2.64. The van der Waals surface area contributed by atoms with Crippen molar-refractivity contribution in [3.63, 3.8) is 0 Å². The molecule has 0 saturated carbocycles. The van der Waals surface area contributed by atoms with E-state index < -0.39 is 0 Å². The lowest BCUT2D eigenvalue weighted by molar-refractivity contribution is 0.110. The summed E-state index contributed by atoms with van der Waals surface area (Å²) in [7, 11) is 0. The normalized spacial score (nSPS) is 22.4. The molecule has 1 N–H and O–H groups in total. The zero-order valence-electron chi connectivity index (χ0n) is 9.65. The van der Waals surface area contributed by atoms with E-state index >= 15 is 0 Å². The molecule has 1 aliphatic rings. The van der Waals surface area contributed by atoms with E-state index in [1.807, 2.05) is 23.1 Å². The maximum absolute atomic E-state index is 5.57. The summed E-state index contributed by atoms with van der Waals surface area (Å²) >= 11 is 3.77. The molecular weight excluding hydrogens is 238 g/mol. The van der Waals surface area contributed by atoms with E-state index in [0.29, 0.717) is 11.4 Å². The Balaban J connectivity index is 1.58. The second kappa shape index (κ2) is 6.64. The standard InChI is InChI=1S/C12H19NOS2/c1-10(16-12-5-3-7-15-12)8-13-9-11-4-2-6-14-11/h3,5,7,10-11,13H,2,4,6,8-9H2,1H3. The molecule has 0 aliphatic carbocycles. The van der Waals surface area contributed by atoms with E-state index in [1.54, 1.807) is 0 Å². The van der Waals surface area contributed by atoms with Crippen molar-refractivity contribution in [1.82, 2.24) is 5.32 Å². The number of rotatable bonds is 6. The van der Waals surface area contributed by atoms with Crippen LogP contribution >= 0.6 is 23.1 Å². The van der Waals surface area contributed by atoms with Crippen molar-refractivity contribution in [1.29, 1.82) is 0 Å². The van der Waals surface area contributed by atoms with E-state index in [2.05, 4.69) is 29.8 Å². The van der Waals surface area contributed by atoms with Gasteiger partial charge in [-0.1, -0.05) is 13.0 Å². The Hall–Kier alpha value is -0.0300. The van der Waals surface area contributed by atoms with Gasteiger partial charge in [0.25, 0.3) is 0 Å². The molecule has 0 radical (unpaired) electrons. The van der Waals surface area contributed by atoms with Crippen LogP contribution in [0.1, 0.15) is 19.8 Å². The molecule has 0 bridgehead atoms. The van der Waals surface area contributed by atoms with E-state index in [-0.39, 0.29) is 0 Å². The van der Waals surface area contributed by atoms with Crippen LogP contribution in [0, 0.1) is 0 Å². The van der Waals surface area contributed by atoms with Gasteiger partial charge in [-0.15, -0.1) is 23.1 Å². The van der Waals surface area contributed by atoms with Crippen LogP contribution in [-0.2, 0) is 4.74 Å². The Morgan fingerprint density at radius 1 is 1.69 bits per heavy atom. The molecule has 0 spiro atoms. The second-order valence-corrected chi connectivity index (χ2v) is 6.84. The van der Waals surface area contributed by atoms with Crippen LogP contribution in [0.25, 0.3) is 0 Å². The van der Waals surface area contributed by atoms with Crippen molar-refractivity contribution in [3.8, 4) is 0 Å². The van der Waals surface area contributed by atoms with Crippen LogP contribution < -0.4 is 5.32 Å². The van der Waals surface area contributed by atoms with Crippen molar-refractivity contribution < 1.29 is 4.74 Å². The lowest BCUT2D eigenvalue weighted by atomic mass is 10.2. The summed E-state index contributed by atoms with van der Waals surface area (Å²) in [6.07, 6.45) is 2.91. The average Bonchev–Trinajstić information content (AvgIpc) is 2.90. The molecule has 16 heavy (non-hydrogen) atoms. The maximum atomic E-state index is 5.57. The number of hydrogen-bond acceptors (Lipinski definition) is 4. The lowest BCUT2D eigenvalue weighted by Crippen LogP contribution is -2.30. The first-order chi connectivity index (χ1) is 7.84. The van der Waals surface area contributed by atoms with Gasteiger partial charge in [-0.2, -0.15) is 0 Å². The van der Waals surface area contributed by atoms with Crippen LogP contribution in [0.15, 0.2) is 21.7 Å². The van der Waals surface area contributed by atoms with Crippen LogP contribution in [0.3, 0.4) is 0 Å². The number of thiophene rings is 1. The van der Waals surface area contributed by atoms with Crippen LogP contribution in [0.4, 0.5) is 0 Å². The van der Waals surface area contributed by atoms with Gasteiger partial charge in [0.1, 0.15) is 0 Å². The van der Waals surface area contributed by atoms with Crippen molar-refractivity contribution in [2.45, 2.75) is 35.3 Å². The van der Waals surface area contributed by atoms with Gasteiger partial charge in [0, 0.05) is 24.9 Å². The Morgan fingerprint density at radius 2 is 2.62 bits per heavy atom. The van der Waals surface area contributed by atoms with Crippen molar-refractivity contribution in [2.75, 3.05) is 19.7 Å². The molecule has 1 aromatic rings. The molecule has 0 aromatic carbocycles. The molecule has 4 heteroatoms. The highest BCUT2D eigenvalue weighted by Crippen LogP contribution is 2.27. The summed E-state index contributed by atoms with van der Waals surface area (Å²) in [5, 5.41) is 6.26. The molecule has 90 valence electrons. The van der Waals surface area contributed by atoms with Gasteiger partial charge < -0.3 is 10.1 Å². The zero-order valence-corrected chi connectivity index (χ0v) is 11.3. The highest BCUT2D eigenvalue weighted by molar-refractivity contribution is 8.01. The molecule has 2 atom stereocenters. The number of hydrogen-bond donors (Lipinski definition) is 1. The van der Waals surface area contributed by atoms with Crippen LogP contribution in [-0.4, -0.2) is 31.1 Å². The predicted molar refractivity (Wildman–Crippen MR) is 71.5 cm³/mol. The Kier molecular flexibility index (Phi) is 5.16. The van der Waals surface area contributed by atoms with E-state index in [1.165, 1.54) is 17.1 Å². The van der Waals surface area contributed by atoms with Gasteiger partial charge >= 0.3 is 0 Å². The van der Waals surface area contributed by atoms with Crippen molar-refractivity contribution in [3.05, 3.63) is 17.5 Å². The van der Waals surface area contributed by atoms with Gasteiger partial charge in [-0.3, -0.25) is 0 Å². The lowest BCUT2D eigenvalue weighted by Gasteiger charge is -2.14. The summed E-state index contributed by atoms with van der Waals surface area (Å²) in [5.74, 6) is 0. The first-order valence-electron chi connectivity index (χ1n) is 5.87. The Morgan fingerprint density at radius 3 is 3.31 bits per heavy atom. The van der Waals surface area contributed by atoms with E-state index in [0.717, 1.165) is 19.7 Å². The van der Waals surface area contributed by atoms with Gasteiger partial charge in [-0.05, 0) is 24.3 Å². The molecule has 1 fully saturated rings. The zero-order chi connectivity index (χ0) is 11.2. The Bertz CT molecular complexity index is 283. The molecule has 1 saturated heterocycles. The molecule has 2 nitrogen and oxygen atoms in total. The Labute approximate surface area is 106 Å². The molecule has 0 amide bonds. The van der Waals surface area contributed by atoms with Gasteiger partial charge in [-0.25, -0.2) is 0 Å². The minimum Gasteiger partial charge on any atom is -0.377 e. The van der Waals surface area contributed by atoms with E-state index in [4.69, 9.17) is 4.74 Å². The molecule has 2 unspecified atom stereocenters. The third kappa shape index (κ3) is 4.09. The predicted octanol–water partition coefficient (Wildman–Crippen LogP) is 3.00. The number of thioether (sulfide) groups is 1. The first-order valence-corrected chi connectivity index (χ1v) is 7.63. The quantitative estimate of drug-likeness (QED) is 0.792. The average molecular weight is 257 g/mol. The molecule has 2 heterocycles. The fraction of sp³-hybridized carbons (Fsp3) is 0.667. The smallest absolute Gasteiger partial charge is 0.0700 e. The van der Waals surface area contributed by atoms with Crippen LogP contribution in [0.2, 0.25) is 0 Å². The topological polar surface area (TPSA) is 21.3 Å².